The molecule has 0 amide bonds. The zero-order valence-electron chi connectivity index (χ0n) is 24.4. The summed E-state index contributed by atoms with van der Waals surface area (Å²) in [5.41, 5.74) is 10.1. The molecule has 1 aromatic heterocycles. The van der Waals surface area contributed by atoms with Crippen LogP contribution < -0.4 is 9.64 Å². The van der Waals surface area contributed by atoms with Crippen LogP contribution >= 0.6 is 11.3 Å². The minimum Gasteiger partial charge on any atom is -0.453 e. The van der Waals surface area contributed by atoms with E-state index in [9.17, 15) is 0 Å². The summed E-state index contributed by atoms with van der Waals surface area (Å²) in [7, 11) is 0. The number of fused-ring (bicyclic) bond motifs is 5. The lowest BCUT2D eigenvalue weighted by atomic mass is 9.99. The van der Waals surface area contributed by atoms with Gasteiger partial charge < -0.3 is 9.64 Å². The second-order valence-corrected chi connectivity index (χ2v) is 12.5. The van der Waals surface area contributed by atoms with Crippen LogP contribution in [0.5, 0.6) is 11.5 Å². The van der Waals surface area contributed by atoms with Gasteiger partial charge in [-0.15, -0.1) is 11.3 Å². The molecule has 1 aliphatic rings. The van der Waals surface area contributed by atoms with Crippen molar-refractivity contribution < 1.29 is 4.74 Å². The van der Waals surface area contributed by atoms with Gasteiger partial charge in [-0.1, -0.05) is 109 Å². The van der Waals surface area contributed by atoms with Crippen LogP contribution in [0.1, 0.15) is 0 Å². The fourth-order valence-corrected chi connectivity index (χ4v) is 7.50. The molecule has 0 fully saturated rings. The predicted molar refractivity (Wildman–Crippen MR) is 190 cm³/mol. The first kappa shape index (κ1) is 25.8. The van der Waals surface area contributed by atoms with Gasteiger partial charge in [-0.2, -0.15) is 0 Å². The third-order valence-corrected chi connectivity index (χ3v) is 9.82. The average Bonchev–Trinajstić information content (AvgIpc) is 3.49. The van der Waals surface area contributed by atoms with Crippen molar-refractivity contribution in [2.24, 2.45) is 0 Å². The molecule has 0 saturated heterocycles. The fraction of sp³-hybridized carbons (Fsp3) is 0. The van der Waals surface area contributed by atoms with Crippen molar-refractivity contribution in [3.05, 3.63) is 164 Å². The first-order chi connectivity index (χ1) is 22.3. The molecule has 0 unspecified atom stereocenters. The predicted octanol–water partition coefficient (Wildman–Crippen LogP) is 12.6. The van der Waals surface area contributed by atoms with Gasteiger partial charge in [0.1, 0.15) is 0 Å². The molecule has 212 valence electrons. The molecule has 0 atom stereocenters. The highest BCUT2D eigenvalue weighted by atomic mass is 32.1. The van der Waals surface area contributed by atoms with Crippen LogP contribution in [0.25, 0.3) is 53.6 Å². The van der Waals surface area contributed by atoms with E-state index in [4.69, 9.17) is 4.74 Å². The number of ether oxygens (including phenoxy) is 1. The van der Waals surface area contributed by atoms with Gasteiger partial charge in [0.2, 0.25) is 0 Å². The SMILES string of the molecule is c1ccc(-c2ccc(N3c4ccc(-c5ccccc5)cc4Oc4cc(-c5ccc6sc7ccccc7c6c5)ccc43)cc2)cc1. The highest BCUT2D eigenvalue weighted by Crippen LogP contribution is 2.52. The maximum atomic E-state index is 6.75. The molecule has 0 N–H and O–H groups in total. The summed E-state index contributed by atoms with van der Waals surface area (Å²) in [6.45, 7) is 0. The van der Waals surface area contributed by atoms with Crippen LogP contribution in [0.4, 0.5) is 17.1 Å². The second-order valence-electron chi connectivity index (χ2n) is 11.4. The Kier molecular flexibility index (Phi) is 6.03. The molecule has 3 heteroatoms. The van der Waals surface area contributed by atoms with Gasteiger partial charge in [0, 0.05) is 25.9 Å². The summed E-state index contributed by atoms with van der Waals surface area (Å²) < 4.78 is 9.37. The van der Waals surface area contributed by atoms with Crippen LogP contribution in [0.3, 0.4) is 0 Å². The molecule has 45 heavy (non-hydrogen) atoms. The van der Waals surface area contributed by atoms with Gasteiger partial charge in [-0.25, -0.2) is 0 Å². The minimum absolute atomic E-state index is 0.840. The Hall–Kier alpha value is -5.64. The van der Waals surface area contributed by atoms with Crippen molar-refractivity contribution in [2.75, 3.05) is 4.90 Å². The van der Waals surface area contributed by atoms with Crippen LogP contribution in [0.15, 0.2) is 164 Å². The Morgan fingerprint density at radius 2 is 0.867 bits per heavy atom. The highest BCUT2D eigenvalue weighted by Gasteiger charge is 2.27. The van der Waals surface area contributed by atoms with Crippen LogP contribution in [-0.4, -0.2) is 0 Å². The molecule has 0 radical (unpaired) electrons. The molecule has 0 bridgehead atoms. The number of benzene rings is 7. The zero-order valence-corrected chi connectivity index (χ0v) is 25.2. The molecule has 2 nitrogen and oxygen atoms in total. The topological polar surface area (TPSA) is 12.5 Å². The van der Waals surface area contributed by atoms with Crippen molar-refractivity contribution in [1.29, 1.82) is 0 Å². The summed E-state index contributed by atoms with van der Waals surface area (Å²) in [5.74, 6) is 1.68. The van der Waals surface area contributed by atoms with Crippen molar-refractivity contribution in [2.45, 2.75) is 0 Å². The summed E-state index contributed by atoms with van der Waals surface area (Å²) in [6, 6.07) is 58.4. The molecule has 2 heterocycles. The van der Waals surface area contributed by atoms with E-state index in [1.165, 1.54) is 42.4 Å². The first-order valence-corrected chi connectivity index (χ1v) is 16.0. The van der Waals surface area contributed by atoms with Gasteiger partial charge in [0.25, 0.3) is 0 Å². The Bertz CT molecular complexity index is 2340. The fourth-order valence-electron chi connectivity index (χ4n) is 6.42. The third kappa shape index (κ3) is 4.48. The first-order valence-electron chi connectivity index (χ1n) is 15.2. The molecule has 0 aliphatic carbocycles. The number of thiophene rings is 1. The number of anilines is 3. The summed E-state index contributed by atoms with van der Waals surface area (Å²) >= 11 is 1.85. The molecular formula is C42H27NOS. The summed E-state index contributed by atoms with van der Waals surface area (Å²) in [4.78, 5) is 2.32. The lowest BCUT2D eigenvalue weighted by molar-refractivity contribution is 0.477. The van der Waals surface area contributed by atoms with Gasteiger partial charge in [-0.05, 0) is 88.0 Å². The molecule has 0 spiro atoms. The largest absolute Gasteiger partial charge is 0.453 e. The van der Waals surface area contributed by atoms with E-state index in [1.54, 1.807) is 0 Å². The molecule has 9 rings (SSSR count). The summed E-state index contributed by atoms with van der Waals surface area (Å²) in [6.07, 6.45) is 0. The maximum absolute atomic E-state index is 6.75. The normalized spacial score (nSPS) is 12.1. The van der Waals surface area contributed by atoms with E-state index in [2.05, 4.69) is 163 Å². The lowest BCUT2D eigenvalue weighted by Gasteiger charge is -2.33. The van der Waals surface area contributed by atoms with Crippen LogP contribution in [-0.2, 0) is 0 Å². The molecular weight excluding hydrogens is 567 g/mol. The van der Waals surface area contributed by atoms with E-state index in [-0.39, 0.29) is 0 Å². The quantitative estimate of drug-likeness (QED) is 0.201. The van der Waals surface area contributed by atoms with Crippen molar-refractivity contribution in [1.82, 2.24) is 0 Å². The van der Waals surface area contributed by atoms with Gasteiger partial charge in [-0.3, -0.25) is 0 Å². The molecule has 1 aliphatic heterocycles. The van der Waals surface area contributed by atoms with Gasteiger partial charge in [0.05, 0.1) is 11.4 Å². The Morgan fingerprint density at radius 3 is 1.56 bits per heavy atom. The second kappa shape index (κ2) is 10.5. The summed E-state index contributed by atoms with van der Waals surface area (Å²) in [5, 5.41) is 2.60. The van der Waals surface area contributed by atoms with E-state index in [0.29, 0.717) is 0 Å². The van der Waals surface area contributed by atoms with Crippen LogP contribution in [0.2, 0.25) is 0 Å². The maximum Gasteiger partial charge on any atom is 0.152 e. The highest BCUT2D eigenvalue weighted by molar-refractivity contribution is 7.25. The third-order valence-electron chi connectivity index (χ3n) is 8.67. The molecule has 8 aromatic rings. The van der Waals surface area contributed by atoms with E-state index in [1.807, 2.05) is 17.4 Å². The van der Waals surface area contributed by atoms with E-state index >= 15 is 0 Å². The average molecular weight is 594 g/mol. The lowest BCUT2D eigenvalue weighted by Crippen LogP contribution is -2.16. The molecule has 7 aromatic carbocycles. The Labute approximate surface area is 266 Å². The van der Waals surface area contributed by atoms with E-state index < -0.39 is 0 Å². The monoisotopic (exact) mass is 593 g/mol. The molecule has 0 saturated carbocycles. The zero-order chi connectivity index (χ0) is 29.7. The number of rotatable bonds is 4. The Balaban J connectivity index is 1.17. The number of hydrogen-bond donors (Lipinski definition) is 0. The van der Waals surface area contributed by atoms with Crippen molar-refractivity contribution in [3.8, 4) is 44.9 Å². The van der Waals surface area contributed by atoms with E-state index in [0.717, 1.165) is 39.7 Å². The van der Waals surface area contributed by atoms with Gasteiger partial charge in [0.15, 0.2) is 11.5 Å². The standard InChI is InChI=1S/C42H27NOS/c1-3-9-28(10-4-1)30-15-20-34(21-16-30)43-37-22-17-32(29-11-5-2-6-12-29)26-39(37)44-40-27-33(18-23-38(40)43)31-19-24-42-36(25-31)35-13-7-8-14-41(35)45-42/h1-27H. The van der Waals surface area contributed by atoms with Crippen LogP contribution in [0, 0.1) is 0 Å². The van der Waals surface area contributed by atoms with Crippen molar-refractivity contribution >= 4 is 48.6 Å². The smallest absolute Gasteiger partial charge is 0.152 e. The minimum atomic E-state index is 0.840. The number of nitrogens with zero attached hydrogens (tertiary/aromatic N) is 1. The Morgan fingerprint density at radius 1 is 0.378 bits per heavy atom. The number of hydrogen-bond acceptors (Lipinski definition) is 3. The van der Waals surface area contributed by atoms with Gasteiger partial charge >= 0.3 is 0 Å². The van der Waals surface area contributed by atoms with Crippen molar-refractivity contribution in [3.63, 3.8) is 0 Å².